The molecule has 4 aromatic rings. The molecule has 2 N–H and O–H groups in total. The zero-order valence-corrected chi connectivity index (χ0v) is 29.3. The number of rotatable bonds is 8. The zero-order chi connectivity index (χ0) is 36.4. The molecule has 4 aliphatic rings. The van der Waals surface area contributed by atoms with Crippen molar-refractivity contribution >= 4 is 44.6 Å². The quantitative estimate of drug-likeness (QED) is 0.268. The molecule has 2 aromatic heterocycles. The number of sulfonamides is 1. The maximum absolute atomic E-state index is 13.6. The molecule has 0 radical (unpaired) electrons. The summed E-state index contributed by atoms with van der Waals surface area (Å²) in [7, 11) is -1.82. The molecule has 3 saturated heterocycles. The number of aromatic nitrogens is 4. The predicted octanol–water partition coefficient (Wildman–Crippen LogP) is 4.47. The van der Waals surface area contributed by atoms with Crippen LogP contribution in [0, 0.1) is 5.41 Å². The highest BCUT2D eigenvalue weighted by Crippen LogP contribution is 2.50. The van der Waals surface area contributed by atoms with Gasteiger partial charge < -0.3 is 5.32 Å². The number of aryl methyl sites for hydroxylation is 1. The number of hydrogen-bond acceptors (Lipinski definition) is 9. The summed E-state index contributed by atoms with van der Waals surface area (Å²) in [6.45, 7) is 3.46. The van der Waals surface area contributed by atoms with Crippen LogP contribution in [-0.2, 0) is 34.6 Å². The van der Waals surface area contributed by atoms with Crippen LogP contribution in [0.3, 0.4) is 0 Å². The summed E-state index contributed by atoms with van der Waals surface area (Å²) in [5.74, 6) is 0.738. The van der Waals surface area contributed by atoms with E-state index < -0.39 is 27.8 Å². The number of fused-ring (bicyclic) bond motifs is 1. The monoisotopic (exact) mass is 737 g/mol. The number of carbonyl (C=O) groups excluding carboxylic acids is 2. The Morgan fingerprint density at radius 1 is 1.00 bits per heavy atom. The molecule has 0 unspecified atom stereocenters. The standard InChI is InChI=1S/C35H38F3N9O4S/c1-44-29-14-24(5-6-28(29)31(43-44)47-12-9-30(48)42-33(47)49)23-7-10-45(11-8-23)19-22-3-2-4-27(13-22)52(50,51)46-20-34(21-46)15-26(16-34)41-32-39-17-25(18-40-32)35(36,37)38/h2-6,13-14,17-18,23,26H,7-12,15-16,19-21H2,1H3,(H,39,40,41)(H,42,48,49). The number of benzene rings is 2. The molecule has 2 aromatic carbocycles. The van der Waals surface area contributed by atoms with E-state index in [2.05, 4.69) is 42.7 Å². The van der Waals surface area contributed by atoms with Gasteiger partial charge in [-0.2, -0.15) is 22.6 Å². The number of piperidine rings is 1. The third kappa shape index (κ3) is 6.49. The van der Waals surface area contributed by atoms with Crippen LogP contribution in [0.1, 0.15) is 54.7 Å². The van der Waals surface area contributed by atoms with Crippen molar-refractivity contribution in [1.82, 2.24) is 34.3 Å². The molecular weight excluding hydrogens is 700 g/mol. The first-order chi connectivity index (χ1) is 24.8. The van der Waals surface area contributed by atoms with Crippen molar-refractivity contribution in [3.63, 3.8) is 0 Å². The minimum Gasteiger partial charge on any atom is -0.351 e. The normalized spacial score (nSPS) is 20.6. The molecule has 0 atom stereocenters. The summed E-state index contributed by atoms with van der Waals surface area (Å²) in [5, 5.41) is 10.9. The first-order valence-corrected chi connectivity index (χ1v) is 18.8. The number of imide groups is 1. The van der Waals surface area contributed by atoms with Crippen molar-refractivity contribution in [1.29, 1.82) is 0 Å². The first kappa shape index (κ1) is 34.5. The highest BCUT2D eigenvalue weighted by atomic mass is 32.2. The first-order valence-electron chi connectivity index (χ1n) is 17.3. The van der Waals surface area contributed by atoms with Gasteiger partial charge in [0.1, 0.15) is 0 Å². The molecule has 1 saturated carbocycles. The minimum absolute atomic E-state index is 0.0249. The van der Waals surface area contributed by atoms with E-state index in [9.17, 15) is 31.2 Å². The summed E-state index contributed by atoms with van der Waals surface area (Å²) in [5.41, 5.74) is 2.02. The topological polar surface area (TPSA) is 146 Å². The molecule has 0 bridgehead atoms. The summed E-state index contributed by atoms with van der Waals surface area (Å²) in [6, 6.07) is 12.9. The number of halogens is 3. The fraction of sp³-hybridized carbons (Fsp3) is 0.457. The number of urea groups is 1. The Kier molecular flexibility index (Phi) is 8.49. The number of hydrogen-bond donors (Lipinski definition) is 2. The average molecular weight is 738 g/mol. The van der Waals surface area contributed by atoms with Gasteiger partial charge >= 0.3 is 12.2 Å². The van der Waals surface area contributed by atoms with Gasteiger partial charge in [-0.25, -0.2) is 23.2 Å². The van der Waals surface area contributed by atoms with Gasteiger partial charge in [0.15, 0.2) is 5.82 Å². The van der Waals surface area contributed by atoms with Crippen LogP contribution in [0.15, 0.2) is 59.8 Å². The molecule has 13 nitrogen and oxygen atoms in total. The van der Waals surface area contributed by atoms with E-state index in [0.29, 0.717) is 50.8 Å². The Hall–Kier alpha value is -4.61. The average Bonchev–Trinajstić information content (AvgIpc) is 3.40. The summed E-state index contributed by atoms with van der Waals surface area (Å²) < 4.78 is 68.8. The second-order valence-electron chi connectivity index (χ2n) is 14.5. The number of alkyl halides is 3. The lowest BCUT2D eigenvalue weighted by Crippen LogP contribution is -2.66. The van der Waals surface area contributed by atoms with E-state index in [0.717, 1.165) is 54.8 Å². The van der Waals surface area contributed by atoms with Crippen LogP contribution in [0.5, 0.6) is 0 Å². The lowest BCUT2D eigenvalue weighted by atomic mass is 9.61. The molecule has 52 heavy (non-hydrogen) atoms. The van der Waals surface area contributed by atoms with Crippen molar-refractivity contribution in [2.24, 2.45) is 12.5 Å². The Bertz CT molecular complexity index is 2140. The number of nitrogens with zero attached hydrogens (tertiary/aromatic N) is 7. The number of nitrogens with one attached hydrogen (secondary N) is 2. The molecule has 1 spiro atoms. The molecule has 17 heteroatoms. The highest BCUT2D eigenvalue weighted by Gasteiger charge is 2.55. The van der Waals surface area contributed by atoms with E-state index in [4.69, 9.17) is 0 Å². The van der Waals surface area contributed by atoms with E-state index in [1.807, 2.05) is 19.2 Å². The van der Waals surface area contributed by atoms with Crippen molar-refractivity contribution in [2.45, 2.75) is 61.7 Å². The maximum atomic E-state index is 13.6. The van der Waals surface area contributed by atoms with Crippen molar-refractivity contribution in [2.75, 3.05) is 42.9 Å². The fourth-order valence-corrected chi connectivity index (χ4v) is 9.80. The van der Waals surface area contributed by atoms with Gasteiger partial charge in [-0.3, -0.25) is 24.6 Å². The Morgan fingerprint density at radius 2 is 1.73 bits per heavy atom. The van der Waals surface area contributed by atoms with E-state index >= 15 is 0 Å². The van der Waals surface area contributed by atoms with Gasteiger partial charge in [0.25, 0.3) is 0 Å². The molecule has 3 aliphatic heterocycles. The van der Waals surface area contributed by atoms with E-state index in [1.54, 1.807) is 22.9 Å². The lowest BCUT2D eigenvalue weighted by molar-refractivity contribution is -0.138. The molecular formula is C35H38F3N9O4S. The number of likely N-dealkylation sites (tertiary alicyclic amines) is 1. The molecule has 5 heterocycles. The smallest absolute Gasteiger partial charge is 0.351 e. The van der Waals surface area contributed by atoms with Gasteiger partial charge in [0, 0.05) is 68.9 Å². The fourth-order valence-electron chi connectivity index (χ4n) is 8.06. The van der Waals surface area contributed by atoms with Crippen LogP contribution in [-0.4, -0.2) is 88.1 Å². The predicted molar refractivity (Wildman–Crippen MR) is 185 cm³/mol. The maximum Gasteiger partial charge on any atom is 0.419 e. The molecule has 274 valence electrons. The third-order valence-corrected chi connectivity index (χ3v) is 12.6. The van der Waals surface area contributed by atoms with Gasteiger partial charge in [-0.1, -0.05) is 18.2 Å². The highest BCUT2D eigenvalue weighted by molar-refractivity contribution is 7.89. The number of carbonyl (C=O) groups is 2. The van der Waals surface area contributed by atoms with Crippen LogP contribution < -0.4 is 15.5 Å². The molecule has 1 aliphatic carbocycles. The minimum atomic E-state index is -4.50. The third-order valence-electron chi connectivity index (χ3n) is 10.9. The van der Waals surface area contributed by atoms with Crippen LogP contribution >= 0.6 is 0 Å². The number of amides is 3. The molecule has 3 amide bonds. The second-order valence-corrected chi connectivity index (χ2v) is 16.4. The van der Waals surface area contributed by atoms with Gasteiger partial charge in [-0.15, -0.1) is 0 Å². The van der Waals surface area contributed by atoms with Crippen LogP contribution in [0.25, 0.3) is 10.9 Å². The Balaban J connectivity index is 0.837. The van der Waals surface area contributed by atoms with E-state index in [-0.39, 0.29) is 34.6 Å². The SMILES string of the molecule is Cn1nc(N2CCC(=O)NC2=O)c2ccc(C3CCN(Cc4cccc(S(=O)(=O)N5CC6(CC(Nc7ncc(C(F)(F)F)cn7)C6)C5)c4)CC3)cc21. The van der Waals surface area contributed by atoms with Gasteiger partial charge in [0.2, 0.25) is 21.9 Å². The molecule has 8 rings (SSSR count). The second kappa shape index (κ2) is 12.8. The van der Waals surface area contributed by atoms with Crippen molar-refractivity contribution < 1.29 is 31.2 Å². The van der Waals surface area contributed by atoms with Crippen molar-refractivity contribution in [3.8, 4) is 0 Å². The molecule has 4 fully saturated rings. The largest absolute Gasteiger partial charge is 0.419 e. The summed E-state index contributed by atoms with van der Waals surface area (Å²) >= 11 is 0. The van der Waals surface area contributed by atoms with Gasteiger partial charge in [0.05, 0.1) is 16.0 Å². The lowest BCUT2D eigenvalue weighted by Gasteiger charge is -2.58. The zero-order valence-electron chi connectivity index (χ0n) is 28.4. The van der Waals surface area contributed by atoms with E-state index in [1.165, 1.54) is 14.8 Å². The number of anilines is 2. The Morgan fingerprint density at radius 3 is 2.42 bits per heavy atom. The van der Waals surface area contributed by atoms with Crippen LogP contribution in [0.4, 0.5) is 29.7 Å². The van der Waals surface area contributed by atoms with Crippen molar-refractivity contribution in [3.05, 3.63) is 71.5 Å². The summed E-state index contributed by atoms with van der Waals surface area (Å²) in [6.07, 6.45) is 0.520. The summed E-state index contributed by atoms with van der Waals surface area (Å²) in [4.78, 5) is 35.8. The van der Waals surface area contributed by atoms with Crippen LogP contribution in [0.2, 0.25) is 0 Å². The Labute approximate surface area is 298 Å². The van der Waals surface area contributed by atoms with Gasteiger partial charge in [-0.05, 0) is 80.1 Å².